The smallest absolute Gasteiger partial charge is 0.0300 e. The molecule has 1 aromatic rings. The van der Waals surface area contributed by atoms with Crippen molar-refractivity contribution >= 4 is 15.9 Å². The van der Waals surface area contributed by atoms with Gasteiger partial charge in [0.15, 0.2) is 0 Å². The molecule has 3 rings (SSSR count). The first-order valence-electron chi connectivity index (χ1n) is 7.15. The number of nitrogens with two attached hydrogens (primary N) is 1. The number of fused-ring (bicyclic) bond motifs is 2. The molecule has 18 heavy (non-hydrogen) atoms. The highest BCUT2D eigenvalue weighted by Crippen LogP contribution is 2.50. The topological polar surface area (TPSA) is 26.0 Å². The van der Waals surface area contributed by atoms with Gasteiger partial charge in [-0.25, -0.2) is 0 Å². The van der Waals surface area contributed by atoms with Crippen LogP contribution in [0.2, 0.25) is 0 Å². The molecule has 0 radical (unpaired) electrons. The third-order valence-corrected chi connectivity index (χ3v) is 5.58. The molecule has 0 heterocycles. The van der Waals surface area contributed by atoms with Crippen molar-refractivity contribution in [3.63, 3.8) is 0 Å². The van der Waals surface area contributed by atoms with Crippen LogP contribution in [0.25, 0.3) is 0 Å². The Bertz CT molecular complexity index is 443. The molecule has 0 amide bonds. The third-order valence-electron chi connectivity index (χ3n) is 5.08. The van der Waals surface area contributed by atoms with Crippen molar-refractivity contribution in [3.05, 3.63) is 33.8 Å². The van der Waals surface area contributed by atoms with Crippen LogP contribution in [0.5, 0.6) is 0 Å². The Morgan fingerprint density at radius 2 is 2.17 bits per heavy atom. The maximum Gasteiger partial charge on any atom is 0.0300 e. The predicted molar refractivity (Wildman–Crippen MR) is 79.4 cm³/mol. The molecule has 2 bridgehead atoms. The van der Waals surface area contributed by atoms with Gasteiger partial charge in [-0.2, -0.15) is 0 Å². The molecule has 4 atom stereocenters. The Labute approximate surface area is 118 Å². The number of rotatable bonds is 3. The van der Waals surface area contributed by atoms with Gasteiger partial charge in [0.25, 0.3) is 0 Å². The lowest BCUT2D eigenvalue weighted by Gasteiger charge is -2.25. The zero-order chi connectivity index (χ0) is 12.7. The first-order valence-corrected chi connectivity index (χ1v) is 7.94. The molecule has 0 spiro atoms. The highest BCUT2D eigenvalue weighted by atomic mass is 79.9. The summed E-state index contributed by atoms with van der Waals surface area (Å²) in [6.07, 6.45) is 7.03. The number of hydrogen-bond acceptors (Lipinski definition) is 1. The number of benzene rings is 1. The molecule has 98 valence electrons. The standard InChI is InChI=1S/C16H22BrN/c1-10-2-5-14(17)9-15(10)16(18)8-13-7-11-3-4-12(13)6-11/h2,5,9,11-13,16H,3-4,6-8,18H2,1H3. The number of halogens is 1. The minimum absolute atomic E-state index is 0.215. The summed E-state index contributed by atoms with van der Waals surface area (Å²) < 4.78 is 1.14. The molecule has 2 saturated carbocycles. The molecule has 1 aromatic carbocycles. The van der Waals surface area contributed by atoms with Crippen LogP contribution in [0.1, 0.15) is 49.3 Å². The minimum Gasteiger partial charge on any atom is -0.324 e. The second-order valence-electron chi connectivity index (χ2n) is 6.28. The second kappa shape index (κ2) is 4.97. The quantitative estimate of drug-likeness (QED) is 0.869. The van der Waals surface area contributed by atoms with Crippen molar-refractivity contribution in [2.24, 2.45) is 23.5 Å². The summed E-state index contributed by atoms with van der Waals surface area (Å²) in [5.41, 5.74) is 9.11. The average Bonchev–Trinajstić information content (AvgIpc) is 2.94. The summed E-state index contributed by atoms with van der Waals surface area (Å²) in [4.78, 5) is 0. The van der Waals surface area contributed by atoms with E-state index in [1.54, 1.807) is 0 Å². The van der Waals surface area contributed by atoms with Crippen LogP contribution >= 0.6 is 15.9 Å². The van der Waals surface area contributed by atoms with E-state index in [2.05, 4.69) is 41.1 Å². The lowest BCUT2D eigenvalue weighted by molar-refractivity contribution is 0.296. The van der Waals surface area contributed by atoms with Gasteiger partial charge >= 0.3 is 0 Å². The van der Waals surface area contributed by atoms with Gasteiger partial charge in [-0.1, -0.05) is 28.4 Å². The van der Waals surface area contributed by atoms with Crippen molar-refractivity contribution in [2.45, 2.75) is 45.1 Å². The summed E-state index contributed by atoms with van der Waals surface area (Å²) >= 11 is 3.55. The van der Waals surface area contributed by atoms with Gasteiger partial charge in [0, 0.05) is 10.5 Å². The Hall–Kier alpha value is -0.340. The summed E-state index contributed by atoms with van der Waals surface area (Å²) in [7, 11) is 0. The van der Waals surface area contributed by atoms with Gasteiger partial charge in [0.2, 0.25) is 0 Å². The Morgan fingerprint density at radius 3 is 2.83 bits per heavy atom. The molecule has 2 heteroatoms. The lowest BCUT2D eigenvalue weighted by Crippen LogP contribution is -2.20. The first-order chi connectivity index (χ1) is 8.63. The monoisotopic (exact) mass is 307 g/mol. The van der Waals surface area contributed by atoms with Crippen molar-refractivity contribution in [3.8, 4) is 0 Å². The number of hydrogen-bond donors (Lipinski definition) is 1. The zero-order valence-corrected chi connectivity index (χ0v) is 12.6. The lowest BCUT2D eigenvalue weighted by atomic mass is 9.82. The van der Waals surface area contributed by atoms with Gasteiger partial charge < -0.3 is 5.73 Å². The van der Waals surface area contributed by atoms with Gasteiger partial charge in [-0.3, -0.25) is 0 Å². The molecule has 0 saturated heterocycles. The maximum absolute atomic E-state index is 6.46. The summed E-state index contributed by atoms with van der Waals surface area (Å²) in [5.74, 6) is 2.89. The van der Waals surface area contributed by atoms with E-state index in [4.69, 9.17) is 5.73 Å². The average molecular weight is 308 g/mol. The predicted octanol–water partition coefficient (Wildman–Crippen LogP) is 4.58. The highest BCUT2D eigenvalue weighted by Gasteiger charge is 2.39. The third kappa shape index (κ3) is 2.37. The van der Waals surface area contributed by atoms with Gasteiger partial charge in [-0.05, 0) is 73.6 Å². The van der Waals surface area contributed by atoms with E-state index in [1.807, 2.05) is 0 Å². The zero-order valence-electron chi connectivity index (χ0n) is 11.0. The van der Waals surface area contributed by atoms with E-state index in [9.17, 15) is 0 Å². The molecule has 2 N–H and O–H groups in total. The van der Waals surface area contributed by atoms with Crippen molar-refractivity contribution in [1.82, 2.24) is 0 Å². The normalized spacial score (nSPS) is 31.8. The number of aryl methyl sites for hydroxylation is 1. The summed E-state index contributed by atoms with van der Waals surface area (Å²) in [6.45, 7) is 2.17. The van der Waals surface area contributed by atoms with Gasteiger partial charge in [-0.15, -0.1) is 0 Å². The molecule has 2 fully saturated rings. The highest BCUT2D eigenvalue weighted by molar-refractivity contribution is 9.10. The Morgan fingerprint density at radius 1 is 1.33 bits per heavy atom. The molecule has 1 nitrogen and oxygen atoms in total. The van der Waals surface area contributed by atoms with Crippen molar-refractivity contribution < 1.29 is 0 Å². The summed E-state index contributed by atoms with van der Waals surface area (Å²) in [5, 5.41) is 0. The van der Waals surface area contributed by atoms with Crippen LogP contribution < -0.4 is 5.73 Å². The van der Waals surface area contributed by atoms with E-state index in [0.717, 1.165) is 22.2 Å². The van der Waals surface area contributed by atoms with E-state index >= 15 is 0 Å². The van der Waals surface area contributed by atoms with Crippen LogP contribution in [-0.4, -0.2) is 0 Å². The molecule has 0 aromatic heterocycles. The molecule has 2 aliphatic rings. The van der Waals surface area contributed by atoms with Crippen molar-refractivity contribution in [1.29, 1.82) is 0 Å². The van der Waals surface area contributed by atoms with Crippen LogP contribution in [0.15, 0.2) is 22.7 Å². The summed E-state index contributed by atoms with van der Waals surface area (Å²) in [6, 6.07) is 6.68. The van der Waals surface area contributed by atoms with Gasteiger partial charge in [0.05, 0.1) is 0 Å². The largest absolute Gasteiger partial charge is 0.324 e. The fraction of sp³-hybridized carbons (Fsp3) is 0.625. The molecule has 0 aliphatic heterocycles. The minimum atomic E-state index is 0.215. The maximum atomic E-state index is 6.46. The van der Waals surface area contributed by atoms with E-state index in [0.29, 0.717) is 0 Å². The molecule has 2 aliphatic carbocycles. The van der Waals surface area contributed by atoms with E-state index < -0.39 is 0 Å². The van der Waals surface area contributed by atoms with E-state index in [-0.39, 0.29) is 6.04 Å². The second-order valence-corrected chi connectivity index (χ2v) is 7.19. The van der Waals surface area contributed by atoms with E-state index in [1.165, 1.54) is 43.2 Å². The van der Waals surface area contributed by atoms with Crippen LogP contribution in [0, 0.1) is 24.7 Å². The molecular weight excluding hydrogens is 286 g/mol. The Kier molecular flexibility index (Phi) is 3.50. The molecule has 4 unspecified atom stereocenters. The fourth-order valence-electron chi connectivity index (χ4n) is 4.13. The van der Waals surface area contributed by atoms with Gasteiger partial charge in [0.1, 0.15) is 0 Å². The first kappa shape index (κ1) is 12.7. The molecular formula is C16H22BrN. The van der Waals surface area contributed by atoms with Crippen LogP contribution in [0.4, 0.5) is 0 Å². The van der Waals surface area contributed by atoms with Crippen LogP contribution in [-0.2, 0) is 0 Å². The SMILES string of the molecule is Cc1ccc(Br)cc1C(N)CC1CC2CCC1C2. The fourth-order valence-corrected chi connectivity index (χ4v) is 4.51. The Balaban J connectivity index is 1.71. The van der Waals surface area contributed by atoms with Crippen LogP contribution in [0.3, 0.4) is 0 Å². The van der Waals surface area contributed by atoms with Crippen molar-refractivity contribution in [2.75, 3.05) is 0 Å².